The third-order valence-corrected chi connectivity index (χ3v) is 6.79. The number of carboxylic acids is 1. The first-order valence-electron chi connectivity index (χ1n) is 12.4. The molecular weight excluding hydrogens is 523 g/mol. The fourth-order valence-corrected chi connectivity index (χ4v) is 4.73. The summed E-state index contributed by atoms with van der Waals surface area (Å²) in [7, 11) is 0. The number of rotatable bonds is 11. The Bertz CT molecular complexity index is 1410. The predicted molar refractivity (Wildman–Crippen MR) is 150 cm³/mol. The van der Waals surface area contributed by atoms with Gasteiger partial charge in [-0.3, -0.25) is 14.6 Å². The van der Waals surface area contributed by atoms with Gasteiger partial charge >= 0.3 is 5.97 Å². The zero-order chi connectivity index (χ0) is 27.1. The second-order valence-electron chi connectivity index (χ2n) is 8.98. The van der Waals surface area contributed by atoms with Gasteiger partial charge in [0, 0.05) is 39.7 Å². The number of aliphatic carboxylic acids is 1. The fraction of sp³-hybridized carbons (Fsp3) is 0.233. The van der Waals surface area contributed by atoms with Gasteiger partial charge in [0.2, 0.25) is 0 Å². The first-order chi connectivity index (χ1) is 18.4. The molecule has 3 aromatic carbocycles. The molecule has 0 bridgehead atoms. The molecule has 0 aliphatic heterocycles. The van der Waals surface area contributed by atoms with Gasteiger partial charge in [-0.2, -0.15) is 0 Å². The molecule has 6 nitrogen and oxygen atoms in total. The molecule has 38 heavy (non-hydrogen) atoms. The first-order valence-corrected chi connectivity index (χ1v) is 13.2. The number of carboxylic acid groups (broad SMARTS) is 1. The number of ether oxygens (including phenoxy) is 1. The van der Waals surface area contributed by atoms with Crippen LogP contribution in [0, 0.1) is 0 Å². The maximum atomic E-state index is 12.5. The summed E-state index contributed by atoms with van der Waals surface area (Å²) in [6.07, 6.45) is 3.00. The minimum absolute atomic E-state index is 0.0270. The van der Waals surface area contributed by atoms with E-state index in [1.807, 2.05) is 60.7 Å². The number of benzene rings is 3. The molecule has 0 fully saturated rings. The predicted octanol–water partition coefficient (Wildman–Crippen LogP) is 7.45. The highest BCUT2D eigenvalue weighted by molar-refractivity contribution is 6.31. The van der Waals surface area contributed by atoms with E-state index in [0.717, 1.165) is 34.9 Å². The Morgan fingerprint density at radius 2 is 1.63 bits per heavy atom. The molecule has 1 aromatic heterocycles. The molecule has 2 N–H and O–H groups in total. The second-order valence-corrected chi connectivity index (χ2v) is 9.85. The zero-order valence-electron chi connectivity index (χ0n) is 20.9. The number of hydrogen-bond donors (Lipinski definition) is 2. The summed E-state index contributed by atoms with van der Waals surface area (Å²) in [6, 6.07) is 22.4. The quantitative estimate of drug-likeness (QED) is 0.202. The molecule has 0 saturated carbocycles. The van der Waals surface area contributed by atoms with E-state index in [1.165, 1.54) is 0 Å². The van der Waals surface area contributed by atoms with Crippen molar-refractivity contribution in [3.63, 3.8) is 0 Å². The minimum atomic E-state index is -0.957. The Hall–Kier alpha value is -3.61. The summed E-state index contributed by atoms with van der Waals surface area (Å²) < 4.78 is 6.75. The zero-order valence-corrected chi connectivity index (χ0v) is 22.4. The molecule has 8 heteroatoms. The van der Waals surface area contributed by atoms with Crippen molar-refractivity contribution in [3.05, 3.63) is 106 Å². The van der Waals surface area contributed by atoms with Gasteiger partial charge < -0.3 is 15.2 Å². The van der Waals surface area contributed by atoms with E-state index in [4.69, 9.17) is 33.0 Å². The summed E-state index contributed by atoms with van der Waals surface area (Å²) in [4.78, 5) is 27.6. The number of aromatic nitrogens is 1. The van der Waals surface area contributed by atoms with Gasteiger partial charge in [-0.1, -0.05) is 60.8 Å². The number of nitrogens with zero attached hydrogens (tertiary/aromatic N) is 1. The van der Waals surface area contributed by atoms with Crippen molar-refractivity contribution in [1.29, 1.82) is 0 Å². The number of hydrogen-bond acceptors (Lipinski definition) is 4. The van der Waals surface area contributed by atoms with E-state index in [-0.39, 0.29) is 30.9 Å². The van der Waals surface area contributed by atoms with Crippen LogP contribution in [0.4, 0.5) is 0 Å². The van der Waals surface area contributed by atoms with Crippen LogP contribution in [0.15, 0.2) is 79.0 Å². The van der Waals surface area contributed by atoms with Crippen LogP contribution < -0.4 is 10.1 Å². The van der Waals surface area contributed by atoms with Crippen LogP contribution in [0.3, 0.4) is 0 Å². The summed E-state index contributed by atoms with van der Waals surface area (Å²) in [6.45, 7) is 2.20. The third kappa shape index (κ3) is 6.82. The number of halogens is 2. The molecule has 0 unspecified atom stereocenters. The van der Waals surface area contributed by atoms with Gasteiger partial charge in [-0.05, 0) is 66.1 Å². The molecule has 0 aliphatic rings. The summed E-state index contributed by atoms with van der Waals surface area (Å²) in [5.74, 6) is -0.596. The topological polar surface area (TPSA) is 88.5 Å². The van der Waals surface area contributed by atoms with Crippen LogP contribution in [-0.4, -0.2) is 28.5 Å². The lowest BCUT2D eigenvalue weighted by Gasteiger charge is -2.29. The van der Waals surface area contributed by atoms with E-state index in [0.29, 0.717) is 21.4 Å². The Kier molecular flexibility index (Phi) is 9.21. The van der Waals surface area contributed by atoms with Gasteiger partial charge in [-0.25, -0.2) is 0 Å². The smallest absolute Gasteiger partial charge is 0.305 e. The monoisotopic (exact) mass is 550 g/mol. The standard InChI is InChI=1S/C30H28Cl2N2O4/c1-2-3-24(19-4-6-21(7-5-19)30(37)34-17-15-28(35)36)29(20-8-10-22(31)11-9-20)38-27-14-16-33-26-18-23(32)12-13-25(26)27/h4-14,16,18,24,29H,2-3,15,17H2,1H3,(H,34,37)(H,35,36)/t24-,29+/m1/s1. The lowest BCUT2D eigenvalue weighted by atomic mass is 9.85. The van der Waals surface area contributed by atoms with Crippen LogP contribution in [0.5, 0.6) is 5.75 Å². The van der Waals surface area contributed by atoms with Gasteiger partial charge in [0.1, 0.15) is 11.9 Å². The number of carbonyl (C=O) groups is 2. The molecule has 0 radical (unpaired) electrons. The molecule has 2 atom stereocenters. The number of amides is 1. The number of fused-ring (bicyclic) bond motifs is 1. The highest BCUT2D eigenvalue weighted by atomic mass is 35.5. The number of nitrogens with one attached hydrogen (secondary N) is 1. The molecule has 196 valence electrons. The number of carbonyl (C=O) groups excluding carboxylic acids is 1. The average molecular weight is 551 g/mol. The minimum Gasteiger partial charge on any atom is -0.484 e. The Morgan fingerprint density at radius 3 is 2.32 bits per heavy atom. The highest BCUT2D eigenvalue weighted by Crippen LogP contribution is 2.40. The Labute approximate surface area is 231 Å². The Balaban J connectivity index is 1.68. The maximum Gasteiger partial charge on any atom is 0.305 e. The molecule has 1 heterocycles. The van der Waals surface area contributed by atoms with Crippen molar-refractivity contribution in [2.24, 2.45) is 0 Å². The van der Waals surface area contributed by atoms with E-state index in [9.17, 15) is 9.59 Å². The van der Waals surface area contributed by atoms with E-state index >= 15 is 0 Å². The van der Waals surface area contributed by atoms with Gasteiger partial charge in [0.15, 0.2) is 0 Å². The molecule has 4 rings (SSSR count). The van der Waals surface area contributed by atoms with Gasteiger partial charge in [-0.15, -0.1) is 0 Å². The first kappa shape index (κ1) is 27.4. The molecule has 4 aromatic rings. The van der Waals surface area contributed by atoms with Crippen molar-refractivity contribution in [2.45, 2.75) is 38.2 Å². The largest absolute Gasteiger partial charge is 0.484 e. The van der Waals surface area contributed by atoms with Crippen molar-refractivity contribution in [2.75, 3.05) is 6.54 Å². The van der Waals surface area contributed by atoms with Crippen LogP contribution in [0.1, 0.15) is 59.7 Å². The normalized spacial score (nSPS) is 12.6. The third-order valence-electron chi connectivity index (χ3n) is 6.31. The second kappa shape index (κ2) is 12.8. The molecule has 1 amide bonds. The molecule has 0 saturated heterocycles. The van der Waals surface area contributed by atoms with E-state index in [1.54, 1.807) is 18.3 Å². The van der Waals surface area contributed by atoms with Gasteiger partial charge in [0.05, 0.1) is 11.9 Å². The summed E-state index contributed by atoms with van der Waals surface area (Å²) in [5.41, 5.74) is 3.21. The van der Waals surface area contributed by atoms with Crippen molar-refractivity contribution >= 4 is 46.0 Å². The maximum absolute atomic E-state index is 12.5. The molecule has 0 aliphatic carbocycles. The van der Waals surface area contributed by atoms with Crippen molar-refractivity contribution in [1.82, 2.24) is 10.3 Å². The average Bonchev–Trinajstić information content (AvgIpc) is 2.91. The van der Waals surface area contributed by atoms with E-state index < -0.39 is 5.97 Å². The Morgan fingerprint density at radius 1 is 0.947 bits per heavy atom. The molecule has 0 spiro atoms. The van der Waals surface area contributed by atoms with E-state index in [2.05, 4.69) is 17.2 Å². The van der Waals surface area contributed by atoms with Crippen molar-refractivity contribution < 1.29 is 19.4 Å². The van der Waals surface area contributed by atoms with Crippen molar-refractivity contribution in [3.8, 4) is 5.75 Å². The SMILES string of the molecule is CCC[C@H](c1ccc(C(=O)NCCC(=O)O)cc1)[C@@H](Oc1ccnc2cc(Cl)ccc12)c1ccc(Cl)cc1. The van der Waals surface area contributed by atoms with Crippen LogP contribution >= 0.6 is 23.2 Å². The fourth-order valence-electron chi connectivity index (χ4n) is 4.44. The summed E-state index contributed by atoms with van der Waals surface area (Å²) in [5, 5.41) is 13.5. The summed E-state index contributed by atoms with van der Waals surface area (Å²) >= 11 is 12.4. The van der Waals surface area contributed by atoms with Crippen LogP contribution in [-0.2, 0) is 4.79 Å². The number of pyridine rings is 1. The lowest BCUT2D eigenvalue weighted by Crippen LogP contribution is -2.26. The highest BCUT2D eigenvalue weighted by Gasteiger charge is 2.27. The molecular formula is C30H28Cl2N2O4. The van der Waals surface area contributed by atoms with Crippen LogP contribution in [0.25, 0.3) is 10.9 Å². The van der Waals surface area contributed by atoms with Crippen LogP contribution in [0.2, 0.25) is 10.0 Å². The lowest BCUT2D eigenvalue weighted by molar-refractivity contribution is -0.136. The van der Waals surface area contributed by atoms with Gasteiger partial charge in [0.25, 0.3) is 5.91 Å².